The highest BCUT2D eigenvalue weighted by atomic mass is 32.2. The van der Waals surface area contributed by atoms with Gasteiger partial charge in [-0.15, -0.1) is 0 Å². The van der Waals surface area contributed by atoms with Crippen molar-refractivity contribution in [3.05, 3.63) is 29.8 Å². The van der Waals surface area contributed by atoms with Crippen LogP contribution in [0.15, 0.2) is 29.2 Å². The van der Waals surface area contributed by atoms with Gasteiger partial charge in [0.1, 0.15) is 0 Å². The molecule has 0 bridgehead atoms. The van der Waals surface area contributed by atoms with E-state index in [1.165, 1.54) is 0 Å². The van der Waals surface area contributed by atoms with Gasteiger partial charge in [0.25, 0.3) is 0 Å². The molecule has 0 unspecified atom stereocenters. The SMILES string of the molecule is O=S(=O)(c1cccc(C(F)(F)F)c1)N(CCO)CCO. The van der Waals surface area contributed by atoms with Crippen molar-refractivity contribution in [3.63, 3.8) is 0 Å². The number of alkyl halides is 3. The van der Waals surface area contributed by atoms with E-state index < -0.39 is 39.9 Å². The van der Waals surface area contributed by atoms with Crippen LogP contribution in [0.25, 0.3) is 0 Å². The second-order valence-electron chi connectivity index (χ2n) is 3.88. The van der Waals surface area contributed by atoms with E-state index in [0.29, 0.717) is 6.07 Å². The zero-order valence-corrected chi connectivity index (χ0v) is 11.2. The van der Waals surface area contributed by atoms with Gasteiger partial charge in [0, 0.05) is 13.1 Å². The average Bonchev–Trinajstić information content (AvgIpc) is 2.37. The molecule has 0 spiro atoms. The predicted octanol–water partition coefficient (Wildman–Crippen LogP) is 0.681. The highest BCUT2D eigenvalue weighted by molar-refractivity contribution is 7.89. The van der Waals surface area contributed by atoms with Crippen LogP contribution in [0.2, 0.25) is 0 Å². The number of hydrogen-bond donors (Lipinski definition) is 2. The Morgan fingerprint density at radius 2 is 1.65 bits per heavy atom. The summed E-state index contributed by atoms with van der Waals surface area (Å²) < 4.78 is 62.7. The molecule has 0 aliphatic carbocycles. The molecule has 0 saturated carbocycles. The van der Waals surface area contributed by atoms with Gasteiger partial charge in [0.05, 0.1) is 23.7 Å². The van der Waals surface area contributed by atoms with Crippen LogP contribution in [-0.2, 0) is 16.2 Å². The Hall–Kier alpha value is -1.16. The summed E-state index contributed by atoms with van der Waals surface area (Å²) in [6.45, 7) is -1.62. The molecule has 0 heterocycles. The molecule has 0 amide bonds. The van der Waals surface area contributed by atoms with Crippen molar-refractivity contribution in [2.75, 3.05) is 26.3 Å². The molecule has 0 aromatic heterocycles. The summed E-state index contributed by atoms with van der Waals surface area (Å²) in [7, 11) is -4.19. The van der Waals surface area contributed by atoms with Crippen molar-refractivity contribution in [3.8, 4) is 0 Å². The van der Waals surface area contributed by atoms with Crippen LogP contribution >= 0.6 is 0 Å². The first-order chi connectivity index (χ1) is 9.23. The van der Waals surface area contributed by atoms with Crippen LogP contribution in [0.3, 0.4) is 0 Å². The normalized spacial score (nSPS) is 12.9. The molecule has 5 nitrogen and oxygen atoms in total. The van der Waals surface area contributed by atoms with E-state index in [0.717, 1.165) is 22.5 Å². The molecule has 2 N–H and O–H groups in total. The monoisotopic (exact) mass is 313 g/mol. The third-order valence-electron chi connectivity index (χ3n) is 2.50. The quantitative estimate of drug-likeness (QED) is 0.810. The topological polar surface area (TPSA) is 77.8 Å². The molecular weight excluding hydrogens is 299 g/mol. The molecule has 0 aliphatic heterocycles. The number of benzene rings is 1. The molecule has 0 saturated heterocycles. The van der Waals surface area contributed by atoms with Crippen molar-refractivity contribution in [1.82, 2.24) is 4.31 Å². The molecule has 1 aromatic rings. The Balaban J connectivity index is 3.20. The lowest BCUT2D eigenvalue weighted by Crippen LogP contribution is -2.36. The lowest BCUT2D eigenvalue weighted by molar-refractivity contribution is -0.137. The number of nitrogens with zero attached hydrogens (tertiary/aromatic N) is 1. The first-order valence-electron chi connectivity index (χ1n) is 5.62. The predicted molar refractivity (Wildman–Crippen MR) is 64.4 cm³/mol. The van der Waals surface area contributed by atoms with E-state index in [-0.39, 0.29) is 13.1 Å². The van der Waals surface area contributed by atoms with Gasteiger partial charge in [-0.3, -0.25) is 0 Å². The third-order valence-corrected chi connectivity index (χ3v) is 4.39. The average molecular weight is 313 g/mol. The first kappa shape index (κ1) is 16.9. The van der Waals surface area contributed by atoms with Crippen molar-refractivity contribution in [2.24, 2.45) is 0 Å². The van der Waals surface area contributed by atoms with E-state index in [4.69, 9.17) is 10.2 Å². The van der Waals surface area contributed by atoms with E-state index in [1.54, 1.807) is 0 Å². The van der Waals surface area contributed by atoms with Crippen LogP contribution in [0.5, 0.6) is 0 Å². The molecule has 9 heteroatoms. The third kappa shape index (κ3) is 3.92. The Bertz CT molecular complexity index is 539. The Morgan fingerprint density at radius 3 is 2.10 bits per heavy atom. The maximum atomic E-state index is 12.6. The molecule has 0 atom stereocenters. The molecule has 20 heavy (non-hydrogen) atoms. The van der Waals surface area contributed by atoms with Crippen LogP contribution < -0.4 is 0 Å². The lowest BCUT2D eigenvalue weighted by atomic mass is 10.2. The van der Waals surface area contributed by atoms with Gasteiger partial charge in [-0.05, 0) is 18.2 Å². The molecule has 0 aliphatic rings. The van der Waals surface area contributed by atoms with Gasteiger partial charge in [-0.25, -0.2) is 8.42 Å². The van der Waals surface area contributed by atoms with E-state index >= 15 is 0 Å². The number of rotatable bonds is 6. The molecule has 0 radical (unpaired) electrons. The number of aliphatic hydroxyl groups is 2. The highest BCUT2D eigenvalue weighted by Gasteiger charge is 2.32. The second kappa shape index (κ2) is 6.53. The first-order valence-corrected chi connectivity index (χ1v) is 7.06. The number of halogens is 3. The van der Waals surface area contributed by atoms with Crippen LogP contribution in [0.4, 0.5) is 13.2 Å². The molecule has 1 rings (SSSR count). The Morgan fingerprint density at radius 1 is 1.10 bits per heavy atom. The van der Waals surface area contributed by atoms with Crippen LogP contribution in [0.1, 0.15) is 5.56 Å². The second-order valence-corrected chi connectivity index (χ2v) is 5.81. The van der Waals surface area contributed by atoms with Crippen molar-refractivity contribution >= 4 is 10.0 Å². The van der Waals surface area contributed by atoms with Crippen LogP contribution in [-0.4, -0.2) is 49.2 Å². The summed E-state index contributed by atoms with van der Waals surface area (Å²) in [5.74, 6) is 0. The molecular formula is C11H14F3NO4S. The summed E-state index contributed by atoms with van der Waals surface area (Å²) >= 11 is 0. The highest BCUT2D eigenvalue weighted by Crippen LogP contribution is 2.31. The maximum absolute atomic E-state index is 12.6. The van der Waals surface area contributed by atoms with Gasteiger partial charge in [-0.1, -0.05) is 6.07 Å². The van der Waals surface area contributed by atoms with E-state index in [2.05, 4.69) is 0 Å². The zero-order valence-electron chi connectivity index (χ0n) is 10.3. The van der Waals surface area contributed by atoms with Crippen molar-refractivity contribution < 1.29 is 31.8 Å². The summed E-state index contributed by atoms with van der Waals surface area (Å²) in [6, 6.07) is 3.32. The largest absolute Gasteiger partial charge is 0.416 e. The standard InChI is InChI=1S/C11H14F3NO4S/c12-11(13,14)9-2-1-3-10(8-9)20(18,19)15(4-6-16)5-7-17/h1-3,8,16-17H,4-7H2. The summed E-state index contributed by atoms with van der Waals surface area (Å²) in [4.78, 5) is -0.533. The van der Waals surface area contributed by atoms with E-state index in [1.807, 2.05) is 0 Å². The van der Waals surface area contributed by atoms with E-state index in [9.17, 15) is 21.6 Å². The molecule has 114 valence electrons. The minimum atomic E-state index is -4.65. The fraction of sp³-hybridized carbons (Fsp3) is 0.455. The summed E-state index contributed by atoms with van der Waals surface area (Å²) in [5, 5.41) is 17.6. The zero-order chi connectivity index (χ0) is 15.4. The minimum absolute atomic E-state index is 0.306. The Kier molecular flexibility index (Phi) is 5.51. The van der Waals surface area contributed by atoms with Gasteiger partial charge in [0.15, 0.2) is 0 Å². The number of aliphatic hydroxyl groups excluding tert-OH is 2. The number of hydrogen-bond acceptors (Lipinski definition) is 4. The number of sulfonamides is 1. The van der Waals surface area contributed by atoms with Gasteiger partial charge < -0.3 is 10.2 Å². The van der Waals surface area contributed by atoms with Gasteiger partial charge >= 0.3 is 6.18 Å². The fourth-order valence-electron chi connectivity index (χ4n) is 1.56. The van der Waals surface area contributed by atoms with Crippen molar-refractivity contribution in [2.45, 2.75) is 11.1 Å². The lowest BCUT2D eigenvalue weighted by Gasteiger charge is -2.20. The smallest absolute Gasteiger partial charge is 0.395 e. The van der Waals surface area contributed by atoms with Gasteiger partial charge in [0.2, 0.25) is 10.0 Å². The summed E-state index contributed by atoms with van der Waals surface area (Å²) in [6.07, 6.45) is -4.65. The van der Waals surface area contributed by atoms with Crippen molar-refractivity contribution in [1.29, 1.82) is 0 Å². The fourth-order valence-corrected chi connectivity index (χ4v) is 3.03. The molecule has 1 aromatic carbocycles. The van der Waals surface area contributed by atoms with Crippen LogP contribution in [0, 0.1) is 0 Å². The minimum Gasteiger partial charge on any atom is -0.395 e. The molecule has 0 fully saturated rings. The maximum Gasteiger partial charge on any atom is 0.416 e. The van der Waals surface area contributed by atoms with Gasteiger partial charge in [-0.2, -0.15) is 17.5 Å². The Labute approximate surface area is 114 Å². The summed E-state index contributed by atoms with van der Waals surface area (Å²) in [5.41, 5.74) is -1.08.